The van der Waals surface area contributed by atoms with Gasteiger partial charge in [0.05, 0.1) is 23.8 Å². The van der Waals surface area contributed by atoms with Crippen molar-refractivity contribution in [3.05, 3.63) is 53.6 Å². The van der Waals surface area contributed by atoms with Crippen LogP contribution in [-0.2, 0) is 19.6 Å². The van der Waals surface area contributed by atoms with E-state index in [4.69, 9.17) is 14.3 Å². The smallest absolute Gasteiger partial charge is 0.264 e. The van der Waals surface area contributed by atoms with Gasteiger partial charge < -0.3 is 14.8 Å². The summed E-state index contributed by atoms with van der Waals surface area (Å²) in [7, 11) is -1.21. The molecule has 0 saturated carbocycles. The van der Waals surface area contributed by atoms with E-state index in [0.29, 0.717) is 23.6 Å². The largest absolute Gasteiger partial charge is 0.489 e. The molecular weight excluding hydrogens is 408 g/mol. The fourth-order valence-corrected chi connectivity index (χ4v) is 4.00. The minimum Gasteiger partial charge on any atom is -0.489 e. The van der Waals surface area contributed by atoms with Crippen LogP contribution in [0.2, 0.25) is 0 Å². The summed E-state index contributed by atoms with van der Waals surface area (Å²) >= 11 is 0. The molecule has 30 heavy (non-hydrogen) atoms. The zero-order valence-electron chi connectivity index (χ0n) is 17.3. The van der Waals surface area contributed by atoms with Crippen molar-refractivity contribution in [1.82, 2.24) is 4.47 Å². The molecule has 1 amide bonds. The summed E-state index contributed by atoms with van der Waals surface area (Å²) in [6.07, 6.45) is 2.05. The Labute approximate surface area is 176 Å². The van der Waals surface area contributed by atoms with E-state index in [9.17, 15) is 13.2 Å². The van der Waals surface area contributed by atoms with Crippen molar-refractivity contribution >= 4 is 21.6 Å². The first-order valence-electron chi connectivity index (χ1n) is 9.61. The molecule has 1 N–H and O–H groups in total. The molecule has 8 nitrogen and oxygen atoms in total. The number of carbonyl (C=O) groups is 1. The van der Waals surface area contributed by atoms with Crippen LogP contribution >= 0.6 is 0 Å². The predicted octanol–water partition coefficient (Wildman–Crippen LogP) is 2.99. The van der Waals surface area contributed by atoms with Crippen LogP contribution in [0.1, 0.15) is 28.8 Å². The Morgan fingerprint density at radius 2 is 1.97 bits per heavy atom. The number of hydroxylamine groups is 1. The van der Waals surface area contributed by atoms with E-state index in [1.54, 1.807) is 6.07 Å². The van der Waals surface area contributed by atoms with Crippen LogP contribution in [-0.4, -0.2) is 52.3 Å². The molecule has 1 saturated heterocycles. The summed E-state index contributed by atoms with van der Waals surface area (Å²) in [5.74, 6) is 0.199. The predicted molar refractivity (Wildman–Crippen MR) is 112 cm³/mol. The quantitative estimate of drug-likeness (QED) is 0.642. The highest BCUT2D eigenvalue weighted by Gasteiger charge is 2.21. The number of nitrogens with one attached hydrogen (secondary N) is 1. The van der Waals surface area contributed by atoms with Crippen LogP contribution in [0.5, 0.6) is 5.75 Å². The number of sulfonamides is 1. The van der Waals surface area contributed by atoms with Crippen molar-refractivity contribution in [2.45, 2.75) is 30.8 Å². The molecular formula is C21H26N2O6S. The fourth-order valence-electron chi connectivity index (χ4n) is 3.03. The Bertz CT molecular complexity index is 985. The number of benzene rings is 2. The number of anilines is 1. The van der Waals surface area contributed by atoms with Gasteiger partial charge in [-0.3, -0.25) is 9.63 Å². The fraction of sp³-hybridized carbons (Fsp3) is 0.381. The van der Waals surface area contributed by atoms with Crippen molar-refractivity contribution in [2.24, 2.45) is 0 Å². The summed E-state index contributed by atoms with van der Waals surface area (Å²) in [6, 6.07) is 11.2. The molecule has 162 valence electrons. The van der Waals surface area contributed by atoms with Gasteiger partial charge in [-0.15, -0.1) is 0 Å². The monoisotopic (exact) mass is 434 g/mol. The number of hydrogen-bond acceptors (Lipinski definition) is 6. The van der Waals surface area contributed by atoms with Crippen LogP contribution in [0, 0.1) is 6.92 Å². The maximum atomic E-state index is 12.7. The summed E-state index contributed by atoms with van der Waals surface area (Å²) in [6.45, 7) is 3.12. The Morgan fingerprint density at radius 1 is 1.23 bits per heavy atom. The second-order valence-corrected chi connectivity index (χ2v) is 8.96. The average Bonchev–Trinajstić information content (AvgIpc) is 3.27. The van der Waals surface area contributed by atoms with E-state index in [0.717, 1.165) is 29.5 Å². The second-order valence-electron chi connectivity index (χ2n) is 7.02. The van der Waals surface area contributed by atoms with E-state index in [-0.39, 0.29) is 16.9 Å². The third kappa shape index (κ3) is 5.17. The number of nitrogens with zero attached hydrogens (tertiary/aromatic N) is 1. The molecule has 0 spiro atoms. The van der Waals surface area contributed by atoms with Gasteiger partial charge in [0, 0.05) is 19.2 Å². The van der Waals surface area contributed by atoms with Gasteiger partial charge in [-0.05, 0) is 61.7 Å². The zero-order chi connectivity index (χ0) is 21.7. The number of amides is 1. The van der Waals surface area contributed by atoms with Crippen molar-refractivity contribution in [3.63, 3.8) is 0 Å². The molecule has 1 unspecified atom stereocenters. The van der Waals surface area contributed by atoms with Gasteiger partial charge in [-0.25, -0.2) is 8.42 Å². The third-order valence-corrected chi connectivity index (χ3v) is 6.54. The molecule has 1 atom stereocenters. The summed E-state index contributed by atoms with van der Waals surface area (Å²) in [5.41, 5.74) is 1.87. The molecule has 2 aromatic carbocycles. The molecule has 3 rings (SSSR count). The van der Waals surface area contributed by atoms with Crippen LogP contribution in [0.3, 0.4) is 0 Å². The first-order valence-corrected chi connectivity index (χ1v) is 11.0. The lowest BCUT2D eigenvalue weighted by Crippen LogP contribution is -2.25. The van der Waals surface area contributed by atoms with Crippen LogP contribution in [0.15, 0.2) is 47.4 Å². The van der Waals surface area contributed by atoms with Gasteiger partial charge in [0.25, 0.3) is 15.9 Å². The van der Waals surface area contributed by atoms with E-state index in [1.807, 2.05) is 19.1 Å². The lowest BCUT2D eigenvalue weighted by molar-refractivity contribution is -0.0258. The van der Waals surface area contributed by atoms with Crippen molar-refractivity contribution in [2.75, 3.05) is 32.7 Å². The molecule has 0 bridgehead atoms. The Balaban J connectivity index is 1.72. The lowest BCUT2D eigenvalue weighted by atomic mass is 10.1. The molecule has 1 aliphatic heterocycles. The van der Waals surface area contributed by atoms with Gasteiger partial charge in [-0.2, -0.15) is 0 Å². The van der Waals surface area contributed by atoms with Crippen LogP contribution < -0.4 is 10.1 Å². The third-order valence-electron chi connectivity index (χ3n) is 4.84. The van der Waals surface area contributed by atoms with Gasteiger partial charge in [-0.1, -0.05) is 10.5 Å². The SMILES string of the molecule is CON(C)S(=O)(=O)c1ccc(C(=O)Nc2ccc(C)cc2OCC2CCCO2)cc1. The number of carbonyl (C=O) groups excluding carboxylic acids is 1. The summed E-state index contributed by atoms with van der Waals surface area (Å²) in [4.78, 5) is 17.5. The van der Waals surface area contributed by atoms with E-state index >= 15 is 0 Å². The molecule has 1 heterocycles. The molecule has 0 aromatic heterocycles. The van der Waals surface area contributed by atoms with Crippen molar-refractivity contribution < 1.29 is 27.5 Å². The molecule has 1 aliphatic rings. The average molecular weight is 435 g/mol. The van der Waals surface area contributed by atoms with Crippen LogP contribution in [0.25, 0.3) is 0 Å². The maximum Gasteiger partial charge on any atom is 0.264 e. The van der Waals surface area contributed by atoms with Gasteiger partial charge in [0.1, 0.15) is 12.4 Å². The molecule has 9 heteroatoms. The standard InChI is InChI=1S/C21H26N2O6S/c1-15-6-11-19(20(13-15)29-14-17-5-4-12-28-17)22-21(24)16-7-9-18(10-8-16)30(25,26)23(2)27-3/h6-11,13,17H,4-5,12,14H2,1-3H3,(H,22,24). The summed E-state index contributed by atoms with van der Waals surface area (Å²) < 4.78 is 36.8. The lowest BCUT2D eigenvalue weighted by Gasteiger charge is -2.16. The van der Waals surface area contributed by atoms with E-state index in [2.05, 4.69) is 5.32 Å². The van der Waals surface area contributed by atoms with Crippen molar-refractivity contribution in [3.8, 4) is 5.75 Å². The molecule has 2 aromatic rings. The molecule has 0 radical (unpaired) electrons. The topological polar surface area (TPSA) is 94.2 Å². The minimum absolute atomic E-state index is 0.0271. The van der Waals surface area contributed by atoms with E-state index in [1.165, 1.54) is 38.4 Å². The number of hydrogen-bond donors (Lipinski definition) is 1. The molecule has 1 fully saturated rings. The van der Waals surface area contributed by atoms with Crippen molar-refractivity contribution in [1.29, 1.82) is 0 Å². The first-order chi connectivity index (χ1) is 14.3. The maximum absolute atomic E-state index is 12.7. The number of rotatable bonds is 8. The number of ether oxygens (including phenoxy) is 2. The highest BCUT2D eigenvalue weighted by molar-refractivity contribution is 7.89. The van der Waals surface area contributed by atoms with Gasteiger partial charge in [0.15, 0.2) is 0 Å². The highest BCUT2D eigenvalue weighted by Crippen LogP contribution is 2.27. The zero-order valence-corrected chi connectivity index (χ0v) is 18.1. The van der Waals surface area contributed by atoms with E-state index < -0.39 is 10.0 Å². The molecule has 0 aliphatic carbocycles. The Hall–Kier alpha value is -2.46. The Morgan fingerprint density at radius 3 is 2.60 bits per heavy atom. The summed E-state index contributed by atoms with van der Waals surface area (Å²) in [5, 5.41) is 2.83. The van der Waals surface area contributed by atoms with Crippen LogP contribution in [0.4, 0.5) is 5.69 Å². The van der Waals surface area contributed by atoms with Gasteiger partial charge >= 0.3 is 0 Å². The Kier molecular flexibility index (Phi) is 7.09. The second kappa shape index (κ2) is 9.57. The number of aryl methyl sites for hydroxylation is 1. The minimum atomic E-state index is -3.77. The normalized spacial score (nSPS) is 16.6. The van der Waals surface area contributed by atoms with Gasteiger partial charge in [0.2, 0.25) is 0 Å². The first kappa shape index (κ1) is 22.2. The highest BCUT2D eigenvalue weighted by atomic mass is 32.2.